The SMILES string of the molecule is COc1cc2ncn(CC(=O)N[C@@H](C)C(=O)NCCc3ccc(O)cc3)c(=O)c2cc1OC. The molecule has 10 nitrogen and oxygen atoms in total. The second-order valence-corrected chi connectivity index (χ2v) is 7.40. The highest BCUT2D eigenvalue weighted by Crippen LogP contribution is 2.29. The number of carbonyl (C=O) groups is 2. The van der Waals surface area contributed by atoms with E-state index in [1.54, 1.807) is 37.3 Å². The van der Waals surface area contributed by atoms with Gasteiger partial charge in [-0.25, -0.2) is 4.98 Å². The predicted octanol–water partition coefficient (Wildman–Crippen LogP) is 0.983. The fourth-order valence-electron chi connectivity index (χ4n) is 3.25. The molecule has 0 saturated heterocycles. The molecule has 1 heterocycles. The van der Waals surface area contributed by atoms with Crippen molar-refractivity contribution in [2.45, 2.75) is 25.9 Å². The molecule has 0 aliphatic carbocycles. The van der Waals surface area contributed by atoms with Crippen LogP contribution in [0.2, 0.25) is 0 Å². The fraction of sp³-hybridized carbons (Fsp3) is 0.304. The van der Waals surface area contributed by atoms with Gasteiger partial charge in [0, 0.05) is 12.6 Å². The summed E-state index contributed by atoms with van der Waals surface area (Å²) in [6.07, 6.45) is 1.86. The minimum atomic E-state index is -0.786. The van der Waals surface area contributed by atoms with Gasteiger partial charge in [0.1, 0.15) is 18.3 Å². The first kappa shape index (κ1) is 23.6. The Morgan fingerprint density at radius 2 is 1.79 bits per heavy atom. The lowest BCUT2D eigenvalue weighted by Gasteiger charge is -2.15. The number of ether oxygens (including phenoxy) is 2. The molecule has 0 aliphatic rings. The van der Waals surface area contributed by atoms with Gasteiger partial charge in [-0.15, -0.1) is 0 Å². The summed E-state index contributed by atoms with van der Waals surface area (Å²) >= 11 is 0. The molecule has 174 valence electrons. The van der Waals surface area contributed by atoms with Crippen LogP contribution in [0.4, 0.5) is 0 Å². The second-order valence-electron chi connectivity index (χ2n) is 7.40. The number of hydrogen-bond acceptors (Lipinski definition) is 7. The van der Waals surface area contributed by atoms with Crippen molar-refractivity contribution < 1.29 is 24.2 Å². The number of aromatic hydroxyl groups is 1. The quantitative estimate of drug-likeness (QED) is 0.439. The molecule has 1 atom stereocenters. The Bertz CT molecular complexity index is 1210. The standard InChI is InChI=1S/C23H26N4O6/c1-14(22(30)24-9-8-15-4-6-16(28)7-5-15)26-21(29)12-27-13-25-18-11-20(33-3)19(32-2)10-17(18)23(27)31/h4-7,10-11,13-14,28H,8-9,12H2,1-3H3,(H,24,30)(H,26,29)/t14-/m0/s1. The summed E-state index contributed by atoms with van der Waals surface area (Å²) in [6.45, 7) is 1.65. The third-order valence-corrected chi connectivity index (χ3v) is 5.06. The zero-order valence-corrected chi connectivity index (χ0v) is 18.6. The number of aromatic nitrogens is 2. The Morgan fingerprint density at radius 1 is 1.12 bits per heavy atom. The normalized spacial score (nSPS) is 11.6. The van der Waals surface area contributed by atoms with Crippen LogP contribution in [-0.2, 0) is 22.6 Å². The maximum atomic E-state index is 12.8. The first-order chi connectivity index (χ1) is 15.8. The number of amides is 2. The topological polar surface area (TPSA) is 132 Å². The smallest absolute Gasteiger partial charge is 0.261 e. The molecule has 0 unspecified atom stereocenters. The van der Waals surface area contributed by atoms with Crippen LogP contribution < -0.4 is 25.7 Å². The van der Waals surface area contributed by atoms with Gasteiger partial charge in [0.15, 0.2) is 11.5 Å². The van der Waals surface area contributed by atoms with E-state index in [0.29, 0.717) is 30.0 Å². The maximum absolute atomic E-state index is 12.8. The molecule has 0 spiro atoms. The summed E-state index contributed by atoms with van der Waals surface area (Å²) in [6, 6.07) is 9.02. The number of phenolic OH excluding ortho intramolecular Hbond substituents is 1. The first-order valence-corrected chi connectivity index (χ1v) is 10.3. The highest BCUT2D eigenvalue weighted by molar-refractivity contribution is 5.87. The van der Waals surface area contributed by atoms with Crippen LogP contribution in [-0.4, -0.2) is 53.3 Å². The molecule has 3 aromatic rings. The molecule has 0 saturated carbocycles. The molecule has 0 fully saturated rings. The van der Waals surface area contributed by atoms with Crippen molar-refractivity contribution in [3.05, 3.63) is 58.6 Å². The van der Waals surface area contributed by atoms with Crippen molar-refractivity contribution in [2.24, 2.45) is 0 Å². The van der Waals surface area contributed by atoms with Crippen LogP contribution in [0.1, 0.15) is 12.5 Å². The number of phenols is 1. The molecule has 10 heteroatoms. The van der Waals surface area contributed by atoms with Crippen LogP contribution in [0.5, 0.6) is 17.2 Å². The average molecular weight is 454 g/mol. The van der Waals surface area contributed by atoms with Crippen molar-refractivity contribution in [2.75, 3.05) is 20.8 Å². The summed E-state index contributed by atoms with van der Waals surface area (Å²) in [5.41, 5.74) is 0.958. The molecule has 1 aromatic heterocycles. The minimum Gasteiger partial charge on any atom is -0.508 e. The number of benzene rings is 2. The molecule has 0 aliphatic heterocycles. The van der Waals surface area contributed by atoms with E-state index >= 15 is 0 Å². The van der Waals surface area contributed by atoms with E-state index in [9.17, 15) is 19.5 Å². The van der Waals surface area contributed by atoms with Crippen molar-refractivity contribution in [3.8, 4) is 17.2 Å². The fourth-order valence-corrected chi connectivity index (χ4v) is 3.25. The monoisotopic (exact) mass is 454 g/mol. The maximum Gasteiger partial charge on any atom is 0.261 e. The van der Waals surface area contributed by atoms with E-state index in [1.807, 2.05) is 0 Å². The number of carbonyl (C=O) groups excluding carboxylic acids is 2. The molecule has 0 radical (unpaired) electrons. The second kappa shape index (κ2) is 10.5. The Kier molecular flexibility index (Phi) is 7.50. The number of fused-ring (bicyclic) bond motifs is 1. The van der Waals surface area contributed by atoms with Gasteiger partial charge >= 0.3 is 0 Å². The third-order valence-electron chi connectivity index (χ3n) is 5.06. The summed E-state index contributed by atoms with van der Waals surface area (Å²) < 4.78 is 11.6. The van der Waals surface area contributed by atoms with Gasteiger partial charge in [-0.2, -0.15) is 0 Å². The summed E-state index contributed by atoms with van der Waals surface area (Å²) in [4.78, 5) is 41.7. The van der Waals surface area contributed by atoms with E-state index in [2.05, 4.69) is 15.6 Å². The summed E-state index contributed by atoms with van der Waals surface area (Å²) in [5.74, 6) is 0.155. The summed E-state index contributed by atoms with van der Waals surface area (Å²) in [5, 5.41) is 14.9. The zero-order valence-electron chi connectivity index (χ0n) is 18.6. The van der Waals surface area contributed by atoms with Crippen LogP contribution in [0, 0.1) is 0 Å². The highest BCUT2D eigenvalue weighted by atomic mass is 16.5. The predicted molar refractivity (Wildman–Crippen MR) is 122 cm³/mol. The number of nitrogens with one attached hydrogen (secondary N) is 2. The van der Waals surface area contributed by atoms with Gasteiger partial charge in [0.25, 0.3) is 5.56 Å². The van der Waals surface area contributed by atoms with Crippen LogP contribution in [0.25, 0.3) is 10.9 Å². The summed E-state index contributed by atoms with van der Waals surface area (Å²) in [7, 11) is 2.95. The Morgan fingerprint density at radius 3 is 2.45 bits per heavy atom. The molecule has 2 aromatic carbocycles. The number of nitrogens with zero attached hydrogens (tertiary/aromatic N) is 2. The van der Waals surface area contributed by atoms with Gasteiger partial charge in [0.2, 0.25) is 11.8 Å². The lowest BCUT2D eigenvalue weighted by Crippen LogP contribution is -2.46. The van der Waals surface area contributed by atoms with Gasteiger partial charge < -0.3 is 25.2 Å². The Hall–Kier alpha value is -4.08. The van der Waals surface area contributed by atoms with Crippen molar-refractivity contribution in [3.63, 3.8) is 0 Å². The van der Waals surface area contributed by atoms with E-state index < -0.39 is 17.5 Å². The van der Waals surface area contributed by atoms with Crippen molar-refractivity contribution in [1.82, 2.24) is 20.2 Å². The van der Waals surface area contributed by atoms with Gasteiger partial charge in [-0.3, -0.25) is 19.0 Å². The zero-order chi connectivity index (χ0) is 24.0. The van der Waals surface area contributed by atoms with Crippen LogP contribution in [0.3, 0.4) is 0 Å². The van der Waals surface area contributed by atoms with E-state index in [-0.39, 0.29) is 23.6 Å². The van der Waals surface area contributed by atoms with Crippen LogP contribution >= 0.6 is 0 Å². The molecule has 0 bridgehead atoms. The van der Waals surface area contributed by atoms with E-state index in [1.165, 1.54) is 31.2 Å². The van der Waals surface area contributed by atoms with Crippen LogP contribution in [0.15, 0.2) is 47.5 Å². The molecular weight excluding hydrogens is 428 g/mol. The molecule has 33 heavy (non-hydrogen) atoms. The Labute approximate surface area is 190 Å². The highest BCUT2D eigenvalue weighted by Gasteiger charge is 2.17. The van der Waals surface area contributed by atoms with Crippen molar-refractivity contribution in [1.29, 1.82) is 0 Å². The molecule has 2 amide bonds. The van der Waals surface area contributed by atoms with Gasteiger partial charge in [-0.1, -0.05) is 12.1 Å². The largest absolute Gasteiger partial charge is 0.508 e. The Balaban J connectivity index is 1.58. The average Bonchev–Trinajstić information content (AvgIpc) is 2.81. The lowest BCUT2D eigenvalue weighted by molar-refractivity contribution is -0.128. The van der Waals surface area contributed by atoms with Crippen molar-refractivity contribution >= 4 is 22.7 Å². The first-order valence-electron chi connectivity index (χ1n) is 10.3. The molecular formula is C23H26N4O6. The number of methoxy groups -OCH3 is 2. The van der Waals surface area contributed by atoms with E-state index in [4.69, 9.17) is 9.47 Å². The molecule has 3 N–H and O–H groups in total. The minimum absolute atomic E-state index is 0.179. The lowest BCUT2D eigenvalue weighted by atomic mass is 10.1. The van der Waals surface area contributed by atoms with Gasteiger partial charge in [0.05, 0.1) is 31.4 Å². The molecule has 3 rings (SSSR count). The van der Waals surface area contributed by atoms with E-state index in [0.717, 1.165) is 5.56 Å². The number of hydrogen-bond donors (Lipinski definition) is 3. The third kappa shape index (κ3) is 5.79. The van der Waals surface area contributed by atoms with Gasteiger partial charge in [-0.05, 0) is 37.1 Å². The number of rotatable bonds is 9.